The van der Waals surface area contributed by atoms with Crippen molar-refractivity contribution in [3.05, 3.63) is 17.5 Å². The molecule has 21 heavy (non-hydrogen) atoms. The van der Waals surface area contributed by atoms with E-state index in [1.54, 1.807) is 4.90 Å². The lowest BCUT2D eigenvalue weighted by molar-refractivity contribution is -0.128. The monoisotopic (exact) mass is 292 g/mol. The summed E-state index contributed by atoms with van der Waals surface area (Å²) in [7, 11) is 0. The van der Waals surface area contributed by atoms with Crippen LogP contribution in [0.4, 0.5) is 0 Å². The second-order valence-electron chi connectivity index (χ2n) is 5.63. The first-order chi connectivity index (χ1) is 10.0. The average Bonchev–Trinajstić information content (AvgIpc) is 2.97. The number of nitrogens with one attached hydrogen (secondary N) is 1. The van der Waals surface area contributed by atoms with Crippen LogP contribution in [0.3, 0.4) is 0 Å². The van der Waals surface area contributed by atoms with E-state index in [-0.39, 0.29) is 17.7 Å². The number of carbonyl (C=O) groups is 2. The maximum absolute atomic E-state index is 12.0. The van der Waals surface area contributed by atoms with E-state index in [1.807, 2.05) is 31.5 Å². The van der Waals surface area contributed by atoms with E-state index in [2.05, 4.69) is 10.4 Å². The zero-order valence-corrected chi connectivity index (χ0v) is 13.1. The van der Waals surface area contributed by atoms with E-state index in [1.165, 1.54) is 0 Å². The normalized spacial score (nSPS) is 18.3. The molecule has 1 aliphatic rings. The third kappa shape index (κ3) is 3.83. The van der Waals surface area contributed by atoms with Crippen LogP contribution in [-0.4, -0.2) is 46.1 Å². The van der Waals surface area contributed by atoms with Gasteiger partial charge in [-0.25, -0.2) is 0 Å². The van der Waals surface area contributed by atoms with Crippen LogP contribution in [0.5, 0.6) is 0 Å². The topological polar surface area (TPSA) is 67.2 Å². The van der Waals surface area contributed by atoms with Crippen LogP contribution in [0, 0.1) is 19.8 Å². The summed E-state index contributed by atoms with van der Waals surface area (Å²) in [5, 5.41) is 7.32. The van der Waals surface area contributed by atoms with Crippen LogP contribution in [0.15, 0.2) is 6.07 Å². The third-order valence-corrected chi connectivity index (χ3v) is 3.92. The molecule has 1 aromatic rings. The molecule has 1 aromatic heterocycles. The predicted octanol–water partition coefficient (Wildman–Crippen LogP) is 0.875. The Kier molecular flexibility index (Phi) is 4.98. The predicted molar refractivity (Wildman–Crippen MR) is 79.7 cm³/mol. The van der Waals surface area contributed by atoms with Crippen molar-refractivity contribution in [3.63, 3.8) is 0 Å². The van der Waals surface area contributed by atoms with Gasteiger partial charge in [0.1, 0.15) is 0 Å². The number of hydrogen-bond acceptors (Lipinski definition) is 3. The second kappa shape index (κ2) is 6.74. The van der Waals surface area contributed by atoms with E-state index >= 15 is 0 Å². The lowest BCUT2D eigenvalue weighted by Gasteiger charge is -2.13. The number of hydrogen-bond donors (Lipinski definition) is 1. The smallest absolute Gasteiger partial charge is 0.225 e. The average molecular weight is 292 g/mol. The number of amides is 2. The molecule has 0 spiro atoms. The Bertz CT molecular complexity index is 524. The SMILES string of the molecule is CCN1C[C@H](C(=O)NCCCn2nc(C)cc2C)CC1=O. The lowest BCUT2D eigenvalue weighted by atomic mass is 10.1. The minimum atomic E-state index is -0.189. The van der Waals surface area contributed by atoms with Crippen molar-refractivity contribution in [2.24, 2.45) is 5.92 Å². The summed E-state index contributed by atoms with van der Waals surface area (Å²) in [6.45, 7) is 8.59. The van der Waals surface area contributed by atoms with Gasteiger partial charge in [0, 0.05) is 38.3 Å². The molecule has 116 valence electrons. The first kappa shape index (κ1) is 15.5. The van der Waals surface area contributed by atoms with Crippen molar-refractivity contribution in [2.75, 3.05) is 19.6 Å². The van der Waals surface area contributed by atoms with Crippen molar-refractivity contribution >= 4 is 11.8 Å². The Labute approximate surface area is 125 Å². The zero-order valence-electron chi connectivity index (χ0n) is 13.1. The molecule has 1 N–H and O–H groups in total. The molecule has 0 saturated carbocycles. The summed E-state index contributed by atoms with van der Waals surface area (Å²) in [5.41, 5.74) is 2.15. The largest absolute Gasteiger partial charge is 0.356 e. The minimum absolute atomic E-state index is 0.00679. The van der Waals surface area contributed by atoms with Crippen molar-refractivity contribution in [2.45, 2.75) is 40.2 Å². The van der Waals surface area contributed by atoms with Gasteiger partial charge in [-0.1, -0.05) is 0 Å². The van der Waals surface area contributed by atoms with Crippen molar-refractivity contribution in [1.82, 2.24) is 20.0 Å². The molecular formula is C15H24N4O2. The summed E-state index contributed by atoms with van der Waals surface area (Å²) in [5.74, 6) is -0.112. The Morgan fingerprint density at radius 1 is 1.48 bits per heavy atom. The second-order valence-corrected chi connectivity index (χ2v) is 5.63. The molecule has 0 bridgehead atoms. The number of carbonyl (C=O) groups excluding carboxylic acids is 2. The Hall–Kier alpha value is -1.85. The van der Waals surface area contributed by atoms with Gasteiger partial charge in [0.15, 0.2) is 0 Å². The number of likely N-dealkylation sites (tertiary alicyclic amines) is 1. The molecule has 2 amide bonds. The van der Waals surface area contributed by atoms with Crippen LogP contribution >= 0.6 is 0 Å². The highest BCUT2D eigenvalue weighted by molar-refractivity contribution is 5.89. The van der Waals surface area contributed by atoms with Gasteiger partial charge in [0.25, 0.3) is 0 Å². The van der Waals surface area contributed by atoms with Crippen LogP contribution in [0.2, 0.25) is 0 Å². The number of aryl methyl sites for hydroxylation is 3. The molecule has 2 heterocycles. The van der Waals surface area contributed by atoms with E-state index in [9.17, 15) is 9.59 Å². The third-order valence-electron chi connectivity index (χ3n) is 3.92. The maximum Gasteiger partial charge on any atom is 0.225 e. The Morgan fingerprint density at radius 3 is 2.81 bits per heavy atom. The van der Waals surface area contributed by atoms with E-state index in [0.717, 1.165) is 24.4 Å². The quantitative estimate of drug-likeness (QED) is 0.791. The van der Waals surface area contributed by atoms with Crippen molar-refractivity contribution in [3.8, 4) is 0 Å². The highest BCUT2D eigenvalue weighted by Crippen LogP contribution is 2.17. The summed E-state index contributed by atoms with van der Waals surface area (Å²) in [6.07, 6.45) is 1.18. The standard InChI is InChI=1S/C15H24N4O2/c1-4-18-10-13(9-14(18)20)15(21)16-6-5-7-19-12(3)8-11(2)17-19/h8,13H,4-7,9-10H2,1-3H3,(H,16,21)/t13-/m1/s1. The van der Waals surface area contributed by atoms with Gasteiger partial charge >= 0.3 is 0 Å². The molecule has 0 aromatic carbocycles. The molecule has 0 aliphatic carbocycles. The van der Waals surface area contributed by atoms with Gasteiger partial charge in [0.2, 0.25) is 11.8 Å². The minimum Gasteiger partial charge on any atom is -0.356 e. The molecule has 1 aliphatic heterocycles. The van der Waals surface area contributed by atoms with Crippen molar-refractivity contribution in [1.29, 1.82) is 0 Å². The van der Waals surface area contributed by atoms with Crippen LogP contribution in [0.25, 0.3) is 0 Å². The fraction of sp³-hybridized carbons (Fsp3) is 0.667. The van der Waals surface area contributed by atoms with Gasteiger partial charge in [-0.05, 0) is 33.3 Å². The number of rotatable bonds is 6. The van der Waals surface area contributed by atoms with E-state index in [4.69, 9.17) is 0 Å². The van der Waals surface area contributed by atoms with Crippen LogP contribution in [-0.2, 0) is 16.1 Å². The molecular weight excluding hydrogens is 268 g/mol. The summed E-state index contributed by atoms with van der Waals surface area (Å²) in [4.78, 5) is 25.4. The van der Waals surface area contributed by atoms with Gasteiger partial charge in [-0.15, -0.1) is 0 Å². The van der Waals surface area contributed by atoms with Gasteiger partial charge in [-0.2, -0.15) is 5.10 Å². The number of nitrogens with zero attached hydrogens (tertiary/aromatic N) is 3. The van der Waals surface area contributed by atoms with E-state index in [0.29, 0.717) is 26.1 Å². The highest BCUT2D eigenvalue weighted by Gasteiger charge is 2.32. The number of aromatic nitrogens is 2. The summed E-state index contributed by atoms with van der Waals surface area (Å²) >= 11 is 0. The molecule has 2 rings (SSSR count). The van der Waals surface area contributed by atoms with Crippen LogP contribution in [0.1, 0.15) is 31.2 Å². The maximum atomic E-state index is 12.0. The first-order valence-electron chi connectivity index (χ1n) is 7.57. The molecule has 0 radical (unpaired) electrons. The lowest BCUT2D eigenvalue weighted by Crippen LogP contribution is -2.33. The molecule has 0 unspecified atom stereocenters. The fourth-order valence-corrected chi connectivity index (χ4v) is 2.74. The zero-order chi connectivity index (χ0) is 15.4. The van der Waals surface area contributed by atoms with E-state index < -0.39 is 0 Å². The molecule has 6 nitrogen and oxygen atoms in total. The van der Waals surface area contributed by atoms with Crippen molar-refractivity contribution < 1.29 is 9.59 Å². The Morgan fingerprint density at radius 2 is 2.24 bits per heavy atom. The molecule has 1 atom stereocenters. The van der Waals surface area contributed by atoms with Gasteiger partial charge in [0.05, 0.1) is 11.6 Å². The summed E-state index contributed by atoms with van der Waals surface area (Å²) < 4.78 is 1.96. The van der Waals surface area contributed by atoms with Gasteiger partial charge < -0.3 is 10.2 Å². The summed E-state index contributed by atoms with van der Waals surface area (Å²) in [6, 6.07) is 2.04. The molecule has 1 fully saturated rings. The molecule has 1 saturated heterocycles. The van der Waals surface area contributed by atoms with Gasteiger partial charge in [-0.3, -0.25) is 14.3 Å². The first-order valence-corrected chi connectivity index (χ1v) is 7.57. The Balaban J connectivity index is 1.70. The fourth-order valence-electron chi connectivity index (χ4n) is 2.74. The molecule has 6 heteroatoms. The van der Waals surface area contributed by atoms with Crippen LogP contribution < -0.4 is 5.32 Å². The highest BCUT2D eigenvalue weighted by atomic mass is 16.2.